The number of aromatic hydroxyl groups is 2. The maximum absolute atomic E-state index is 9.42. The number of aliphatic hydroxyl groups is 1. The van der Waals surface area contributed by atoms with Crippen LogP contribution in [0.3, 0.4) is 0 Å². The highest BCUT2D eigenvalue weighted by atomic mass is 16.3. The van der Waals surface area contributed by atoms with E-state index in [4.69, 9.17) is 0 Å². The van der Waals surface area contributed by atoms with Gasteiger partial charge >= 0.3 is 0 Å². The molecule has 0 aliphatic carbocycles. The molecule has 110 valence electrons. The largest absolute Gasteiger partial charge is 0.508 e. The number of allylic oxidation sites excluding steroid dienone is 1. The molecule has 0 amide bonds. The fourth-order valence-electron chi connectivity index (χ4n) is 2.50. The first-order valence-electron chi connectivity index (χ1n) is 7.07. The number of hydrogen-bond acceptors (Lipinski definition) is 3. The minimum absolute atomic E-state index is 0.0673. The summed E-state index contributed by atoms with van der Waals surface area (Å²) < 4.78 is 0. The summed E-state index contributed by atoms with van der Waals surface area (Å²) in [4.78, 5) is 0. The van der Waals surface area contributed by atoms with Crippen LogP contribution in [-0.4, -0.2) is 21.9 Å². The predicted molar refractivity (Wildman–Crippen MR) is 85.0 cm³/mol. The van der Waals surface area contributed by atoms with Crippen molar-refractivity contribution in [3.8, 4) is 11.5 Å². The molecule has 0 aromatic heterocycles. The molecule has 0 saturated heterocycles. The van der Waals surface area contributed by atoms with E-state index in [0.717, 1.165) is 28.7 Å². The maximum atomic E-state index is 9.42. The van der Waals surface area contributed by atoms with Gasteiger partial charge in [0.1, 0.15) is 11.5 Å². The molecule has 2 rings (SSSR count). The van der Waals surface area contributed by atoms with Crippen molar-refractivity contribution >= 4 is 11.1 Å². The van der Waals surface area contributed by atoms with Gasteiger partial charge in [-0.3, -0.25) is 0 Å². The van der Waals surface area contributed by atoms with Crippen molar-refractivity contribution in [1.82, 2.24) is 0 Å². The molecular formula is C18H20O3. The lowest BCUT2D eigenvalue weighted by atomic mass is 9.91. The minimum Gasteiger partial charge on any atom is -0.508 e. The molecular weight excluding hydrogens is 264 g/mol. The predicted octanol–water partition coefficient (Wildman–Crippen LogP) is 3.80. The van der Waals surface area contributed by atoms with Crippen LogP contribution in [0.1, 0.15) is 30.9 Å². The Bertz CT molecular complexity index is 610. The van der Waals surface area contributed by atoms with Gasteiger partial charge in [-0.2, -0.15) is 0 Å². The van der Waals surface area contributed by atoms with Crippen molar-refractivity contribution in [2.45, 2.75) is 19.8 Å². The Labute approximate surface area is 124 Å². The van der Waals surface area contributed by atoms with Gasteiger partial charge in [-0.25, -0.2) is 0 Å². The summed E-state index contributed by atoms with van der Waals surface area (Å²) in [6.07, 6.45) is 1.37. The first-order valence-corrected chi connectivity index (χ1v) is 7.07. The summed E-state index contributed by atoms with van der Waals surface area (Å²) in [6.45, 7) is 2.14. The molecule has 0 radical (unpaired) electrons. The first-order chi connectivity index (χ1) is 10.2. The Kier molecular flexibility index (Phi) is 5.01. The minimum atomic E-state index is 0.0673. The fourth-order valence-corrected chi connectivity index (χ4v) is 2.50. The quantitative estimate of drug-likeness (QED) is 0.732. The summed E-state index contributed by atoms with van der Waals surface area (Å²) in [5.41, 5.74) is 4.22. The second kappa shape index (κ2) is 6.95. The summed E-state index contributed by atoms with van der Waals surface area (Å²) in [5.74, 6) is 0.465. The second-order valence-corrected chi connectivity index (χ2v) is 4.88. The highest BCUT2D eigenvalue weighted by Gasteiger charge is 2.10. The molecule has 0 saturated carbocycles. The average Bonchev–Trinajstić information content (AvgIpc) is 2.50. The Morgan fingerprint density at radius 3 is 1.57 bits per heavy atom. The van der Waals surface area contributed by atoms with Crippen molar-refractivity contribution in [2.75, 3.05) is 6.61 Å². The molecule has 0 fully saturated rings. The van der Waals surface area contributed by atoms with E-state index in [1.54, 1.807) is 24.3 Å². The zero-order valence-electron chi connectivity index (χ0n) is 12.1. The van der Waals surface area contributed by atoms with E-state index in [0.29, 0.717) is 6.42 Å². The highest BCUT2D eigenvalue weighted by molar-refractivity contribution is 5.91. The zero-order chi connectivity index (χ0) is 15.2. The fraction of sp³-hybridized carbons (Fsp3) is 0.222. The normalized spacial score (nSPS) is 12.1. The van der Waals surface area contributed by atoms with E-state index in [1.165, 1.54) is 0 Å². The van der Waals surface area contributed by atoms with Crippen LogP contribution in [-0.2, 0) is 0 Å². The summed E-state index contributed by atoms with van der Waals surface area (Å²) >= 11 is 0. The molecule has 2 aromatic carbocycles. The molecule has 0 unspecified atom stereocenters. The summed E-state index contributed by atoms with van der Waals surface area (Å²) in [5, 5.41) is 28.2. The van der Waals surface area contributed by atoms with Gasteiger partial charge in [0.25, 0.3) is 0 Å². The monoisotopic (exact) mass is 284 g/mol. The van der Waals surface area contributed by atoms with Gasteiger partial charge in [-0.15, -0.1) is 0 Å². The molecule has 0 spiro atoms. The molecule has 21 heavy (non-hydrogen) atoms. The van der Waals surface area contributed by atoms with Crippen LogP contribution in [0, 0.1) is 0 Å². The molecule has 3 nitrogen and oxygen atoms in total. The maximum Gasteiger partial charge on any atom is 0.115 e. The zero-order valence-corrected chi connectivity index (χ0v) is 12.1. The molecule has 0 aliphatic rings. The molecule has 3 heteroatoms. The number of rotatable bonds is 5. The van der Waals surface area contributed by atoms with E-state index in [9.17, 15) is 15.3 Å². The third-order valence-electron chi connectivity index (χ3n) is 3.51. The van der Waals surface area contributed by atoms with Gasteiger partial charge in [0.15, 0.2) is 0 Å². The molecule has 0 aliphatic heterocycles. The van der Waals surface area contributed by atoms with E-state index in [2.05, 4.69) is 6.92 Å². The van der Waals surface area contributed by atoms with Crippen molar-refractivity contribution in [3.63, 3.8) is 0 Å². The Morgan fingerprint density at radius 2 is 1.19 bits per heavy atom. The van der Waals surface area contributed by atoms with Gasteiger partial charge in [0.2, 0.25) is 0 Å². The molecule has 0 heterocycles. The van der Waals surface area contributed by atoms with E-state index in [-0.39, 0.29) is 18.1 Å². The van der Waals surface area contributed by atoms with Gasteiger partial charge in [-0.1, -0.05) is 31.2 Å². The third kappa shape index (κ3) is 3.64. The lowest BCUT2D eigenvalue weighted by molar-refractivity contribution is 0.305. The standard InChI is InChI=1S/C18H20O3/c1-2-17(13-3-7-15(20)8-4-13)18(11-12-19)14-5-9-16(21)10-6-14/h3-10,19-21H,2,11-12H2,1H3. The average molecular weight is 284 g/mol. The van der Waals surface area contributed by atoms with Crippen LogP contribution in [0.15, 0.2) is 48.5 Å². The lowest BCUT2D eigenvalue weighted by Gasteiger charge is -2.15. The third-order valence-corrected chi connectivity index (χ3v) is 3.51. The molecule has 2 aromatic rings. The number of aliphatic hydroxyl groups excluding tert-OH is 1. The number of benzene rings is 2. The smallest absolute Gasteiger partial charge is 0.115 e. The Hall–Kier alpha value is -2.26. The van der Waals surface area contributed by atoms with Gasteiger partial charge in [-0.05, 0) is 59.4 Å². The van der Waals surface area contributed by atoms with Crippen LogP contribution in [0.5, 0.6) is 11.5 Å². The Morgan fingerprint density at radius 1 is 0.762 bits per heavy atom. The van der Waals surface area contributed by atoms with Crippen LogP contribution in [0.2, 0.25) is 0 Å². The molecule has 0 bridgehead atoms. The van der Waals surface area contributed by atoms with Gasteiger partial charge in [0, 0.05) is 6.61 Å². The highest BCUT2D eigenvalue weighted by Crippen LogP contribution is 2.32. The van der Waals surface area contributed by atoms with E-state index >= 15 is 0 Å². The van der Waals surface area contributed by atoms with Crippen molar-refractivity contribution in [2.24, 2.45) is 0 Å². The summed E-state index contributed by atoms with van der Waals surface area (Å²) in [7, 11) is 0. The van der Waals surface area contributed by atoms with E-state index in [1.807, 2.05) is 24.3 Å². The van der Waals surface area contributed by atoms with E-state index < -0.39 is 0 Å². The van der Waals surface area contributed by atoms with Crippen LogP contribution in [0.4, 0.5) is 0 Å². The van der Waals surface area contributed by atoms with Crippen molar-refractivity contribution < 1.29 is 15.3 Å². The van der Waals surface area contributed by atoms with Crippen LogP contribution < -0.4 is 0 Å². The lowest BCUT2D eigenvalue weighted by Crippen LogP contribution is -1.95. The number of phenols is 2. The second-order valence-electron chi connectivity index (χ2n) is 4.88. The number of hydrogen-bond donors (Lipinski definition) is 3. The van der Waals surface area contributed by atoms with Crippen molar-refractivity contribution in [1.29, 1.82) is 0 Å². The topological polar surface area (TPSA) is 60.7 Å². The molecule has 0 atom stereocenters. The van der Waals surface area contributed by atoms with Crippen molar-refractivity contribution in [3.05, 3.63) is 59.7 Å². The Balaban J connectivity index is 2.53. The SMILES string of the molecule is CCC(=C(CCO)c1ccc(O)cc1)c1ccc(O)cc1. The van der Waals surface area contributed by atoms with Gasteiger partial charge < -0.3 is 15.3 Å². The van der Waals surface area contributed by atoms with Crippen LogP contribution in [0.25, 0.3) is 11.1 Å². The summed E-state index contributed by atoms with van der Waals surface area (Å²) in [6, 6.07) is 14.1. The number of phenolic OH excluding ortho intramolecular Hbond substituents is 2. The molecule has 3 N–H and O–H groups in total. The van der Waals surface area contributed by atoms with Crippen LogP contribution >= 0.6 is 0 Å². The van der Waals surface area contributed by atoms with Gasteiger partial charge in [0.05, 0.1) is 0 Å². The first kappa shape index (κ1) is 15.1.